The van der Waals surface area contributed by atoms with Crippen LogP contribution in [0, 0.1) is 40.4 Å². The van der Waals surface area contributed by atoms with Crippen LogP contribution in [0.2, 0.25) is 0 Å². The minimum atomic E-state index is -1.52. The highest BCUT2D eigenvalue weighted by molar-refractivity contribution is 5.93. The molecule has 12 atom stereocenters. The zero-order valence-corrected chi connectivity index (χ0v) is 21.8. The summed E-state index contributed by atoms with van der Waals surface area (Å²) < 4.78 is 5.99. The van der Waals surface area contributed by atoms with E-state index in [1.807, 2.05) is 26.8 Å². The first kappa shape index (κ1) is 25.5. The van der Waals surface area contributed by atoms with Gasteiger partial charge < -0.3 is 25.2 Å². The fourth-order valence-electron chi connectivity index (χ4n) is 8.66. The molecule has 5 rings (SSSR count). The Balaban J connectivity index is 1.51. The van der Waals surface area contributed by atoms with E-state index in [1.54, 1.807) is 20.8 Å². The molecule has 4 N–H and O–H groups in total. The molecule has 4 aliphatic carbocycles. The zero-order chi connectivity index (χ0) is 25.9. The molecule has 3 saturated carbocycles. The van der Waals surface area contributed by atoms with Crippen molar-refractivity contribution in [1.29, 1.82) is 0 Å². The van der Waals surface area contributed by atoms with Crippen molar-refractivity contribution < 1.29 is 34.8 Å². The van der Waals surface area contributed by atoms with Crippen molar-refractivity contribution in [3.63, 3.8) is 0 Å². The normalized spacial score (nSPS) is 51.1. The Hall–Kier alpha value is -1.12. The first-order valence-electron chi connectivity index (χ1n) is 13.3. The van der Waals surface area contributed by atoms with E-state index in [1.165, 1.54) is 0 Å². The Bertz CT molecular complexity index is 967. The molecular weight excluding hydrogens is 448 g/mol. The Morgan fingerprint density at radius 2 is 1.80 bits per heavy atom. The smallest absolute Gasteiger partial charge is 0.169 e. The highest BCUT2D eigenvalue weighted by atomic mass is 16.6. The van der Waals surface area contributed by atoms with Crippen molar-refractivity contribution in [1.82, 2.24) is 0 Å². The van der Waals surface area contributed by atoms with Crippen LogP contribution in [0.15, 0.2) is 11.6 Å². The molecule has 0 aromatic rings. The fourth-order valence-corrected chi connectivity index (χ4v) is 8.66. The molecule has 0 bridgehead atoms. The molecule has 0 unspecified atom stereocenters. The van der Waals surface area contributed by atoms with Gasteiger partial charge in [-0.2, -0.15) is 0 Å². The van der Waals surface area contributed by atoms with Gasteiger partial charge in [0.25, 0.3) is 0 Å². The molecule has 35 heavy (non-hydrogen) atoms. The molecule has 7 nitrogen and oxygen atoms in total. The van der Waals surface area contributed by atoms with Crippen LogP contribution in [0.25, 0.3) is 0 Å². The third-order valence-electron chi connectivity index (χ3n) is 11.3. The largest absolute Gasteiger partial charge is 0.393 e. The van der Waals surface area contributed by atoms with Gasteiger partial charge in [0.1, 0.15) is 11.9 Å². The minimum Gasteiger partial charge on any atom is -0.393 e. The molecule has 0 aromatic carbocycles. The van der Waals surface area contributed by atoms with Crippen LogP contribution < -0.4 is 0 Å². The Morgan fingerprint density at radius 1 is 1.14 bits per heavy atom. The Morgan fingerprint density at radius 3 is 2.43 bits per heavy atom. The lowest BCUT2D eigenvalue weighted by Crippen LogP contribution is -2.67. The molecule has 7 heteroatoms. The molecule has 1 saturated heterocycles. The lowest BCUT2D eigenvalue weighted by atomic mass is 9.45. The van der Waals surface area contributed by atoms with Gasteiger partial charge in [0.2, 0.25) is 0 Å². The fraction of sp³-hybridized carbons (Fsp3) is 0.857. The van der Waals surface area contributed by atoms with Crippen molar-refractivity contribution in [3.05, 3.63) is 11.6 Å². The van der Waals surface area contributed by atoms with Gasteiger partial charge >= 0.3 is 0 Å². The van der Waals surface area contributed by atoms with Crippen LogP contribution >= 0.6 is 0 Å². The number of fused-ring (bicyclic) bond motifs is 5. The second-order valence-corrected chi connectivity index (χ2v) is 13.4. The van der Waals surface area contributed by atoms with Crippen molar-refractivity contribution >= 4 is 11.6 Å². The average molecular weight is 491 g/mol. The van der Waals surface area contributed by atoms with Crippen LogP contribution in [0.1, 0.15) is 73.6 Å². The topological polar surface area (TPSA) is 128 Å². The van der Waals surface area contributed by atoms with Crippen LogP contribution in [-0.4, -0.2) is 67.6 Å². The molecule has 1 heterocycles. The second-order valence-electron chi connectivity index (χ2n) is 13.4. The van der Waals surface area contributed by atoms with E-state index in [4.69, 9.17) is 4.74 Å². The molecular formula is C28H42O7. The van der Waals surface area contributed by atoms with Gasteiger partial charge in [-0.25, -0.2) is 0 Å². The third-order valence-corrected chi connectivity index (χ3v) is 11.3. The summed E-state index contributed by atoms with van der Waals surface area (Å²) in [5, 5.41) is 45.7. The number of aliphatic hydroxyl groups excluding tert-OH is 2. The SMILES string of the molecule is C[C@H]([C@H]1O[C@@H]1[C@H](C)C(C)(C)O)[C@H]1[C@@H](O)C[C@]2(O)C3=CC[C@H]4CC(=O)CC[C@]4(C)[C@H]3C(=O)[C@H](O)[C@]12C. The summed E-state index contributed by atoms with van der Waals surface area (Å²) in [6, 6.07) is 0. The molecule has 0 spiro atoms. The van der Waals surface area contributed by atoms with E-state index in [0.717, 1.165) is 0 Å². The van der Waals surface area contributed by atoms with E-state index in [9.17, 15) is 30.0 Å². The van der Waals surface area contributed by atoms with Crippen LogP contribution in [0.5, 0.6) is 0 Å². The Labute approximate surface area is 207 Å². The predicted octanol–water partition coefficient (Wildman–Crippen LogP) is 2.18. The molecule has 0 radical (unpaired) electrons. The van der Waals surface area contributed by atoms with Crippen LogP contribution in [0.4, 0.5) is 0 Å². The number of epoxide rings is 1. The van der Waals surface area contributed by atoms with Gasteiger partial charge in [-0.15, -0.1) is 0 Å². The maximum Gasteiger partial charge on any atom is 0.169 e. The summed E-state index contributed by atoms with van der Waals surface area (Å²) in [6.07, 6.45) is 1.25. The summed E-state index contributed by atoms with van der Waals surface area (Å²) in [6.45, 7) is 11.2. The van der Waals surface area contributed by atoms with E-state index in [-0.39, 0.29) is 47.9 Å². The lowest BCUT2D eigenvalue weighted by Gasteiger charge is -2.60. The number of ether oxygens (including phenoxy) is 1. The molecule has 4 fully saturated rings. The number of Topliss-reactive ketones (excluding diaryl/α,β-unsaturated/α-hetero) is 2. The van der Waals surface area contributed by atoms with Crippen molar-refractivity contribution in [3.8, 4) is 0 Å². The summed E-state index contributed by atoms with van der Waals surface area (Å²) in [5.41, 5.74) is -3.57. The van der Waals surface area contributed by atoms with E-state index in [2.05, 4.69) is 0 Å². The molecule has 196 valence electrons. The number of rotatable bonds is 4. The summed E-state index contributed by atoms with van der Waals surface area (Å²) >= 11 is 0. The van der Waals surface area contributed by atoms with Gasteiger partial charge in [0.15, 0.2) is 5.78 Å². The van der Waals surface area contributed by atoms with E-state index >= 15 is 0 Å². The standard InChI is InChI=1S/C28H42O7/c1-13(22-23(35-22)14(2)25(3,4)33)19-18(30)12-28(34)17-8-7-15-11-16(29)9-10-26(15,5)20(17)21(31)24(32)27(19,28)6/h8,13-15,18-20,22-24,30,32-34H,7,9-12H2,1-6H3/t13-,14-,15-,18-,19-,20+,22+,23+,24-,26-,27-,28-/m0/s1. The van der Waals surface area contributed by atoms with Gasteiger partial charge in [-0.3, -0.25) is 9.59 Å². The van der Waals surface area contributed by atoms with Crippen molar-refractivity contribution in [2.24, 2.45) is 40.4 Å². The highest BCUT2D eigenvalue weighted by Gasteiger charge is 2.75. The number of hydrogen-bond donors (Lipinski definition) is 4. The first-order valence-corrected chi connectivity index (χ1v) is 13.3. The minimum absolute atomic E-state index is 0.0200. The van der Waals surface area contributed by atoms with Crippen molar-refractivity contribution in [2.75, 3.05) is 0 Å². The van der Waals surface area contributed by atoms with Gasteiger partial charge in [0.05, 0.1) is 29.5 Å². The highest BCUT2D eigenvalue weighted by Crippen LogP contribution is 2.68. The number of hydrogen-bond acceptors (Lipinski definition) is 7. The average Bonchev–Trinajstić information content (AvgIpc) is 3.52. The van der Waals surface area contributed by atoms with Gasteiger partial charge in [0, 0.05) is 42.4 Å². The molecule has 1 aliphatic heterocycles. The quantitative estimate of drug-likeness (QED) is 0.351. The number of carbonyl (C=O) groups excluding carboxylic acids is 2. The maximum atomic E-state index is 13.9. The van der Waals surface area contributed by atoms with E-state index < -0.39 is 46.1 Å². The van der Waals surface area contributed by atoms with Crippen molar-refractivity contribution in [2.45, 2.75) is 109 Å². The number of carbonyl (C=O) groups is 2. The molecule has 0 amide bonds. The number of allylic oxidation sites excluding steroid dienone is 1. The lowest BCUT2D eigenvalue weighted by molar-refractivity contribution is -0.183. The summed E-state index contributed by atoms with van der Waals surface area (Å²) in [4.78, 5) is 26.1. The monoisotopic (exact) mass is 490 g/mol. The first-order chi connectivity index (χ1) is 16.1. The number of ketones is 2. The zero-order valence-electron chi connectivity index (χ0n) is 21.8. The number of aliphatic hydroxyl groups is 4. The molecule has 5 aliphatic rings. The van der Waals surface area contributed by atoms with E-state index in [0.29, 0.717) is 31.3 Å². The summed E-state index contributed by atoms with van der Waals surface area (Å²) in [5.74, 6) is -1.64. The Kier molecular flexibility index (Phi) is 5.62. The third kappa shape index (κ3) is 3.27. The second kappa shape index (κ2) is 7.70. The van der Waals surface area contributed by atoms with Gasteiger partial charge in [-0.1, -0.05) is 33.8 Å². The van der Waals surface area contributed by atoms with Crippen LogP contribution in [-0.2, 0) is 14.3 Å². The summed E-state index contributed by atoms with van der Waals surface area (Å²) in [7, 11) is 0. The maximum absolute atomic E-state index is 13.9. The molecule has 0 aromatic heterocycles. The van der Waals surface area contributed by atoms with Gasteiger partial charge in [-0.05, 0) is 49.5 Å². The predicted molar refractivity (Wildman–Crippen MR) is 128 cm³/mol. The van der Waals surface area contributed by atoms with Crippen LogP contribution in [0.3, 0.4) is 0 Å².